The van der Waals surface area contributed by atoms with E-state index in [-0.39, 0.29) is 11.8 Å². The highest BCUT2D eigenvalue weighted by atomic mass is 32.1. The van der Waals surface area contributed by atoms with Crippen molar-refractivity contribution < 1.29 is 13.2 Å². The van der Waals surface area contributed by atoms with Crippen LogP contribution in [0.25, 0.3) is 0 Å². The third kappa shape index (κ3) is 3.40. The molecule has 0 spiro atoms. The van der Waals surface area contributed by atoms with Crippen molar-refractivity contribution in [2.24, 2.45) is 0 Å². The Morgan fingerprint density at radius 3 is 2.83 bits per heavy atom. The molecule has 0 radical (unpaired) electrons. The van der Waals surface area contributed by atoms with E-state index >= 15 is 0 Å². The van der Waals surface area contributed by atoms with Crippen LogP contribution in [-0.2, 0) is 19.1 Å². The van der Waals surface area contributed by atoms with Crippen molar-refractivity contribution in [3.05, 3.63) is 28.3 Å². The van der Waals surface area contributed by atoms with Crippen molar-refractivity contribution in [1.29, 1.82) is 0 Å². The average molecular weight is 343 g/mol. The molecule has 1 aliphatic heterocycles. The van der Waals surface area contributed by atoms with Gasteiger partial charge in [0.1, 0.15) is 11.4 Å². The molecule has 124 valence electrons. The molecule has 3 heterocycles. The minimum absolute atomic E-state index is 0.148. The largest absolute Gasteiger partial charge is 0.421 e. The van der Waals surface area contributed by atoms with Gasteiger partial charge in [0.2, 0.25) is 5.95 Å². The molecule has 0 saturated heterocycles. The fourth-order valence-corrected chi connectivity index (χ4v) is 3.54. The van der Waals surface area contributed by atoms with Gasteiger partial charge in [-0.3, -0.25) is 0 Å². The molecule has 0 fully saturated rings. The van der Waals surface area contributed by atoms with Crippen molar-refractivity contribution in [1.82, 2.24) is 14.9 Å². The van der Waals surface area contributed by atoms with Crippen molar-refractivity contribution in [3.63, 3.8) is 0 Å². The van der Waals surface area contributed by atoms with E-state index in [2.05, 4.69) is 32.5 Å². The molecule has 0 atom stereocenters. The summed E-state index contributed by atoms with van der Waals surface area (Å²) in [6.45, 7) is 1.89. The lowest BCUT2D eigenvalue weighted by Crippen LogP contribution is -2.25. The Labute approximate surface area is 135 Å². The molecule has 0 bridgehead atoms. The fraction of sp³-hybridized carbons (Fsp3) is 0.429. The summed E-state index contributed by atoms with van der Waals surface area (Å²) < 4.78 is 38.5. The summed E-state index contributed by atoms with van der Waals surface area (Å²) in [5, 5.41) is 6.31. The fourth-order valence-electron chi connectivity index (χ4n) is 2.49. The zero-order valence-corrected chi connectivity index (χ0v) is 13.5. The van der Waals surface area contributed by atoms with E-state index in [0.717, 1.165) is 30.7 Å². The van der Waals surface area contributed by atoms with Crippen LogP contribution < -0.4 is 10.6 Å². The van der Waals surface area contributed by atoms with Gasteiger partial charge in [0, 0.05) is 31.2 Å². The second-order valence-corrected chi connectivity index (χ2v) is 6.51. The second-order valence-electron chi connectivity index (χ2n) is 5.38. The maximum atomic E-state index is 12.8. The van der Waals surface area contributed by atoms with E-state index in [0.29, 0.717) is 0 Å². The van der Waals surface area contributed by atoms with Gasteiger partial charge in [-0.2, -0.15) is 18.2 Å². The summed E-state index contributed by atoms with van der Waals surface area (Å²) in [7, 11) is 3.47. The van der Waals surface area contributed by atoms with E-state index in [1.54, 1.807) is 11.3 Å². The van der Waals surface area contributed by atoms with Gasteiger partial charge in [-0.25, -0.2) is 4.98 Å². The van der Waals surface area contributed by atoms with Crippen LogP contribution in [0.2, 0.25) is 0 Å². The highest BCUT2D eigenvalue weighted by molar-refractivity contribution is 7.16. The number of nitrogens with one attached hydrogen (secondary N) is 2. The summed E-state index contributed by atoms with van der Waals surface area (Å²) in [5.74, 6) is -0.0923. The Morgan fingerprint density at radius 2 is 2.13 bits per heavy atom. The van der Waals surface area contributed by atoms with Crippen molar-refractivity contribution in [2.75, 3.05) is 31.3 Å². The van der Waals surface area contributed by atoms with Gasteiger partial charge < -0.3 is 15.5 Å². The summed E-state index contributed by atoms with van der Waals surface area (Å²) in [6, 6.07) is 2.01. The molecule has 2 aromatic heterocycles. The van der Waals surface area contributed by atoms with Crippen molar-refractivity contribution in [2.45, 2.75) is 19.1 Å². The van der Waals surface area contributed by atoms with Gasteiger partial charge in [0.15, 0.2) is 0 Å². The molecule has 0 aliphatic carbocycles. The summed E-state index contributed by atoms with van der Waals surface area (Å²) in [5.41, 5.74) is 0.365. The number of anilines is 3. The van der Waals surface area contributed by atoms with Crippen LogP contribution in [0.1, 0.15) is 16.0 Å². The van der Waals surface area contributed by atoms with Crippen LogP contribution in [0, 0.1) is 0 Å². The van der Waals surface area contributed by atoms with Gasteiger partial charge in [0.25, 0.3) is 0 Å². The van der Waals surface area contributed by atoms with Crippen molar-refractivity contribution >= 4 is 28.1 Å². The van der Waals surface area contributed by atoms with E-state index in [1.807, 2.05) is 6.07 Å². The summed E-state index contributed by atoms with van der Waals surface area (Å²) >= 11 is 1.59. The molecule has 2 aromatic rings. The predicted octanol–water partition coefficient (Wildman–Crippen LogP) is 3.33. The maximum absolute atomic E-state index is 12.8. The van der Waals surface area contributed by atoms with Crippen LogP contribution in [-0.4, -0.2) is 35.5 Å². The van der Waals surface area contributed by atoms with Gasteiger partial charge in [-0.1, -0.05) is 0 Å². The molecule has 9 heteroatoms. The Bertz CT molecular complexity index is 713. The first-order chi connectivity index (χ1) is 10.9. The minimum Gasteiger partial charge on any atom is -0.372 e. The molecular formula is C14H16F3N5S. The monoisotopic (exact) mass is 343 g/mol. The van der Waals surface area contributed by atoms with Gasteiger partial charge in [-0.05, 0) is 25.1 Å². The molecular weight excluding hydrogens is 327 g/mol. The Hall–Kier alpha value is -1.87. The van der Waals surface area contributed by atoms with E-state index in [4.69, 9.17) is 0 Å². The minimum atomic E-state index is -4.48. The molecule has 0 amide bonds. The molecule has 1 aliphatic rings. The van der Waals surface area contributed by atoms with Crippen molar-refractivity contribution in [3.8, 4) is 0 Å². The first kappa shape index (κ1) is 16.0. The summed E-state index contributed by atoms with van der Waals surface area (Å²) in [6.07, 6.45) is -2.71. The third-order valence-electron chi connectivity index (χ3n) is 3.62. The second kappa shape index (κ2) is 5.97. The number of halogens is 3. The molecule has 0 unspecified atom stereocenters. The lowest BCUT2D eigenvalue weighted by atomic mass is 10.1. The number of fused-ring (bicyclic) bond motifs is 1. The van der Waals surface area contributed by atoms with Crippen LogP contribution >= 0.6 is 11.3 Å². The van der Waals surface area contributed by atoms with E-state index in [1.165, 1.54) is 17.5 Å². The molecule has 23 heavy (non-hydrogen) atoms. The van der Waals surface area contributed by atoms with Crippen LogP contribution in [0.3, 0.4) is 0 Å². The lowest BCUT2D eigenvalue weighted by molar-refractivity contribution is -0.137. The highest BCUT2D eigenvalue weighted by Gasteiger charge is 2.35. The molecule has 2 N–H and O–H groups in total. The number of hydrogen-bond donors (Lipinski definition) is 2. The first-order valence-electron chi connectivity index (χ1n) is 7.06. The Kier molecular flexibility index (Phi) is 4.15. The molecule has 3 rings (SSSR count). The highest BCUT2D eigenvalue weighted by Crippen LogP contribution is 2.35. The standard InChI is InChI=1S/C14H16F3N5S/c1-18-12-9(14(15,16)17)6-19-13(21-12)20-11-5-8-7-22(2)4-3-10(8)23-11/h5-6H,3-4,7H2,1-2H3,(H2,18,19,20,21). The topological polar surface area (TPSA) is 53.1 Å². The smallest absolute Gasteiger partial charge is 0.372 e. The molecule has 0 aromatic carbocycles. The van der Waals surface area contributed by atoms with Crippen LogP contribution in [0.5, 0.6) is 0 Å². The number of nitrogens with zero attached hydrogens (tertiary/aromatic N) is 3. The predicted molar refractivity (Wildman–Crippen MR) is 84.2 cm³/mol. The Morgan fingerprint density at radius 1 is 1.35 bits per heavy atom. The normalized spacial score (nSPS) is 15.3. The average Bonchev–Trinajstić information content (AvgIpc) is 2.87. The van der Waals surface area contributed by atoms with E-state index in [9.17, 15) is 13.2 Å². The number of likely N-dealkylation sites (N-methyl/N-ethyl adjacent to an activating group) is 1. The third-order valence-corrected chi connectivity index (χ3v) is 4.78. The molecule has 5 nitrogen and oxygen atoms in total. The zero-order chi connectivity index (χ0) is 16.6. The number of rotatable bonds is 3. The number of alkyl halides is 3. The van der Waals surface area contributed by atoms with Gasteiger partial charge in [-0.15, -0.1) is 11.3 Å². The quantitative estimate of drug-likeness (QED) is 0.895. The number of aromatic nitrogens is 2. The number of hydrogen-bond acceptors (Lipinski definition) is 6. The van der Waals surface area contributed by atoms with E-state index < -0.39 is 11.7 Å². The van der Waals surface area contributed by atoms with Crippen LogP contribution in [0.4, 0.5) is 29.9 Å². The lowest BCUT2D eigenvalue weighted by Gasteiger charge is -2.21. The van der Waals surface area contributed by atoms with Gasteiger partial charge in [0.05, 0.1) is 5.00 Å². The first-order valence-corrected chi connectivity index (χ1v) is 7.87. The SMILES string of the molecule is CNc1nc(Nc2cc3c(s2)CCN(C)C3)ncc1C(F)(F)F. The maximum Gasteiger partial charge on any atom is 0.421 e. The zero-order valence-electron chi connectivity index (χ0n) is 12.7. The van der Waals surface area contributed by atoms with Crippen LogP contribution in [0.15, 0.2) is 12.3 Å². The van der Waals surface area contributed by atoms with Gasteiger partial charge >= 0.3 is 6.18 Å². The Balaban J connectivity index is 1.83. The summed E-state index contributed by atoms with van der Waals surface area (Å²) in [4.78, 5) is 11.2. The number of thiophene rings is 1. The molecule has 0 saturated carbocycles.